The van der Waals surface area contributed by atoms with Crippen molar-refractivity contribution in [3.63, 3.8) is 0 Å². The summed E-state index contributed by atoms with van der Waals surface area (Å²) < 4.78 is 0. The van der Waals surface area contributed by atoms with Crippen molar-refractivity contribution in [2.24, 2.45) is 5.73 Å². The largest absolute Gasteiger partial charge is 0.366 e. The van der Waals surface area contributed by atoms with E-state index in [4.69, 9.17) is 28.9 Å². The molecule has 0 unspecified atom stereocenters. The van der Waals surface area contributed by atoms with Gasteiger partial charge in [-0.15, -0.1) is 11.3 Å². The Morgan fingerprint density at radius 1 is 1.22 bits per heavy atom. The second-order valence-corrected chi connectivity index (χ2v) is 8.11. The Labute approximate surface area is 171 Å². The highest BCUT2D eigenvalue weighted by Gasteiger charge is 2.17. The van der Waals surface area contributed by atoms with E-state index < -0.39 is 5.91 Å². The van der Waals surface area contributed by atoms with E-state index in [2.05, 4.69) is 10.3 Å². The van der Waals surface area contributed by atoms with E-state index in [1.54, 1.807) is 24.3 Å². The molecule has 0 radical (unpaired) electrons. The molecule has 0 fully saturated rings. The molecule has 3 rings (SSSR count). The first-order valence-corrected chi connectivity index (χ1v) is 9.67. The third-order valence-corrected chi connectivity index (χ3v) is 5.37. The van der Waals surface area contributed by atoms with Gasteiger partial charge in [0.15, 0.2) is 0 Å². The molecule has 0 saturated heterocycles. The number of halogens is 2. The first kappa shape index (κ1) is 19.6. The number of rotatable bonds is 6. The van der Waals surface area contributed by atoms with Crippen molar-refractivity contribution in [1.82, 2.24) is 9.88 Å². The molecular weight excluding hydrogens is 403 g/mol. The highest BCUT2D eigenvalue weighted by molar-refractivity contribution is 7.20. The van der Waals surface area contributed by atoms with Crippen molar-refractivity contribution >= 4 is 51.3 Å². The number of primary amides is 1. The van der Waals surface area contributed by atoms with E-state index in [0.717, 1.165) is 16.1 Å². The number of hydrogen-bond donors (Lipinski definition) is 2. The van der Waals surface area contributed by atoms with Gasteiger partial charge in [0.05, 0.1) is 11.3 Å². The van der Waals surface area contributed by atoms with Gasteiger partial charge in [-0.05, 0) is 50.5 Å². The minimum absolute atomic E-state index is 0.380. The number of anilines is 2. The minimum Gasteiger partial charge on any atom is -0.366 e. The second-order valence-electron chi connectivity index (χ2n) is 6.22. The first-order chi connectivity index (χ1) is 12.8. The Bertz CT molecular complexity index is 988. The zero-order valence-electron chi connectivity index (χ0n) is 14.8. The molecular formula is C19H18Cl2N4OS. The Kier molecular flexibility index (Phi) is 6.01. The van der Waals surface area contributed by atoms with Crippen LogP contribution in [0.25, 0.3) is 10.4 Å². The zero-order valence-corrected chi connectivity index (χ0v) is 17.1. The van der Waals surface area contributed by atoms with Crippen molar-refractivity contribution in [1.29, 1.82) is 0 Å². The van der Waals surface area contributed by atoms with E-state index in [-0.39, 0.29) is 0 Å². The highest BCUT2D eigenvalue weighted by atomic mass is 35.5. The molecule has 3 N–H and O–H groups in total. The number of pyridine rings is 1. The van der Waals surface area contributed by atoms with E-state index >= 15 is 0 Å². The third kappa shape index (κ3) is 4.78. The van der Waals surface area contributed by atoms with Crippen LogP contribution in [0.1, 0.15) is 16.1 Å². The number of nitrogens with zero attached hydrogens (tertiary/aromatic N) is 2. The standard InChI is InChI=1S/C19H18Cl2N4OS/c1-25(2)10-12-4-3-5-17(23-12)24-19-14(18(22)26)9-16(27-19)13-8-11(20)6-7-15(13)21/h3-9H,10H2,1-2H3,(H2,22,26)(H,23,24). The van der Waals surface area contributed by atoms with Crippen LogP contribution in [0, 0.1) is 0 Å². The number of carbonyl (C=O) groups excluding carboxylic acids is 1. The lowest BCUT2D eigenvalue weighted by atomic mass is 10.1. The molecule has 2 aromatic heterocycles. The molecule has 0 bridgehead atoms. The number of nitrogens with one attached hydrogen (secondary N) is 1. The summed E-state index contributed by atoms with van der Waals surface area (Å²) in [5, 5.41) is 4.93. The molecule has 3 aromatic rings. The summed E-state index contributed by atoms with van der Waals surface area (Å²) in [4.78, 5) is 19.3. The molecule has 0 aliphatic rings. The lowest BCUT2D eigenvalue weighted by molar-refractivity contribution is 0.100. The lowest BCUT2D eigenvalue weighted by Gasteiger charge is -2.10. The molecule has 140 valence electrons. The maximum atomic E-state index is 11.9. The molecule has 0 aliphatic heterocycles. The summed E-state index contributed by atoms with van der Waals surface area (Å²) in [6.07, 6.45) is 0. The van der Waals surface area contributed by atoms with Crippen LogP contribution in [0.15, 0.2) is 42.5 Å². The molecule has 2 heterocycles. The number of hydrogen-bond acceptors (Lipinski definition) is 5. The predicted molar refractivity (Wildman–Crippen MR) is 113 cm³/mol. The Balaban J connectivity index is 1.97. The van der Waals surface area contributed by atoms with E-state index in [1.165, 1.54) is 11.3 Å². The molecule has 0 aliphatic carbocycles. The van der Waals surface area contributed by atoms with Crippen LogP contribution >= 0.6 is 34.5 Å². The van der Waals surface area contributed by atoms with Gasteiger partial charge in [-0.2, -0.15) is 0 Å². The fourth-order valence-corrected chi connectivity index (χ4v) is 4.11. The minimum atomic E-state index is -0.525. The van der Waals surface area contributed by atoms with Gasteiger partial charge in [-0.1, -0.05) is 29.3 Å². The van der Waals surface area contributed by atoms with Crippen molar-refractivity contribution in [2.45, 2.75) is 6.54 Å². The predicted octanol–water partition coefficient (Wildman–Crippen LogP) is 5.02. The Hall–Kier alpha value is -2.12. The maximum absolute atomic E-state index is 11.9. The van der Waals surface area contributed by atoms with Gasteiger partial charge in [0.2, 0.25) is 0 Å². The van der Waals surface area contributed by atoms with Crippen LogP contribution in [0.2, 0.25) is 10.0 Å². The van der Waals surface area contributed by atoms with Gasteiger partial charge >= 0.3 is 0 Å². The monoisotopic (exact) mass is 420 g/mol. The molecule has 0 atom stereocenters. The average molecular weight is 421 g/mol. The Morgan fingerprint density at radius 2 is 2.00 bits per heavy atom. The van der Waals surface area contributed by atoms with E-state index in [1.807, 2.05) is 37.2 Å². The number of benzene rings is 1. The van der Waals surface area contributed by atoms with Gasteiger partial charge in [-0.3, -0.25) is 4.79 Å². The summed E-state index contributed by atoms with van der Waals surface area (Å²) in [5.41, 5.74) is 7.61. The van der Waals surface area contributed by atoms with E-state index in [9.17, 15) is 4.79 Å². The molecule has 1 aromatic carbocycles. The van der Waals surface area contributed by atoms with Crippen LogP contribution in [0.4, 0.5) is 10.8 Å². The van der Waals surface area contributed by atoms with Gasteiger partial charge in [0, 0.05) is 27.0 Å². The topological polar surface area (TPSA) is 71.2 Å². The average Bonchev–Trinajstić information content (AvgIpc) is 3.00. The second kappa shape index (κ2) is 8.27. The van der Waals surface area contributed by atoms with Gasteiger partial charge < -0.3 is 16.0 Å². The van der Waals surface area contributed by atoms with Crippen molar-refractivity contribution < 1.29 is 4.79 Å². The van der Waals surface area contributed by atoms with Crippen molar-refractivity contribution in [3.05, 3.63) is 63.8 Å². The zero-order chi connectivity index (χ0) is 19.6. The van der Waals surface area contributed by atoms with Crippen LogP contribution in [-0.2, 0) is 6.54 Å². The maximum Gasteiger partial charge on any atom is 0.251 e. The lowest BCUT2D eigenvalue weighted by Crippen LogP contribution is -2.13. The molecule has 0 spiro atoms. The number of nitrogens with two attached hydrogens (primary N) is 1. The third-order valence-electron chi connectivity index (χ3n) is 3.72. The smallest absolute Gasteiger partial charge is 0.251 e. The molecule has 8 heteroatoms. The molecule has 1 amide bonds. The van der Waals surface area contributed by atoms with Gasteiger partial charge in [-0.25, -0.2) is 4.98 Å². The molecule has 5 nitrogen and oxygen atoms in total. The summed E-state index contributed by atoms with van der Waals surface area (Å²) in [6, 6.07) is 12.6. The van der Waals surface area contributed by atoms with Crippen LogP contribution in [0.5, 0.6) is 0 Å². The van der Waals surface area contributed by atoms with Crippen LogP contribution < -0.4 is 11.1 Å². The number of aromatic nitrogens is 1. The summed E-state index contributed by atoms with van der Waals surface area (Å²) >= 11 is 13.8. The molecule has 0 saturated carbocycles. The number of amides is 1. The first-order valence-electron chi connectivity index (χ1n) is 8.10. The summed E-state index contributed by atoms with van der Waals surface area (Å²) in [5.74, 6) is 0.116. The van der Waals surface area contributed by atoms with Crippen LogP contribution in [0.3, 0.4) is 0 Å². The van der Waals surface area contributed by atoms with Gasteiger partial charge in [0.1, 0.15) is 10.8 Å². The molecule has 27 heavy (non-hydrogen) atoms. The quantitative estimate of drug-likeness (QED) is 0.586. The fourth-order valence-electron chi connectivity index (χ4n) is 2.56. The van der Waals surface area contributed by atoms with Crippen molar-refractivity contribution in [2.75, 3.05) is 19.4 Å². The van der Waals surface area contributed by atoms with Gasteiger partial charge in [0.25, 0.3) is 5.91 Å². The fraction of sp³-hybridized carbons (Fsp3) is 0.158. The Morgan fingerprint density at radius 3 is 2.70 bits per heavy atom. The van der Waals surface area contributed by atoms with E-state index in [0.29, 0.717) is 33.0 Å². The number of thiophene rings is 1. The normalized spacial score (nSPS) is 11.0. The SMILES string of the molecule is CN(C)Cc1cccc(Nc2sc(-c3cc(Cl)ccc3Cl)cc2C(N)=O)n1. The summed E-state index contributed by atoms with van der Waals surface area (Å²) in [6.45, 7) is 0.714. The van der Waals surface area contributed by atoms with Crippen molar-refractivity contribution in [3.8, 4) is 10.4 Å². The summed E-state index contributed by atoms with van der Waals surface area (Å²) in [7, 11) is 3.96. The van der Waals surface area contributed by atoms with Crippen LogP contribution in [-0.4, -0.2) is 29.9 Å². The number of carbonyl (C=O) groups is 1. The highest BCUT2D eigenvalue weighted by Crippen LogP contribution is 2.40.